The summed E-state index contributed by atoms with van der Waals surface area (Å²) in [6.07, 6.45) is 4.82. The molecule has 6 nitrogen and oxygen atoms in total. The molecule has 1 unspecified atom stereocenters. The van der Waals surface area contributed by atoms with E-state index in [-0.39, 0.29) is 23.5 Å². The van der Waals surface area contributed by atoms with Crippen molar-refractivity contribution in [1.29, 1.82) is 0 Å². The van der Waals surface area contributed by atoms with Gasteiger partial charge in [-0.05, 0) is 91.9 Å². The predicted molar refractivity (Wildman–Crippen MR) is 143 cm³/mol. The van der Waals surface area contributed by atoms with Crippen LogP contribution in [-0.4, -0.2) is 24.9 Å². The maximum Gasteiger partial charge on any atom is 0.251 e. The molecular formula is C29H31FN4O2. The summed E-state index contributed by atoms with van der Waals surface area (Å²) in [6, 6.07) is 17.5. The first-order valence-corrected chi connectivity index (χ1v) is 12.2. The Bertz CT molecular complexity index is 1280. The summed E-state index contributed by atoms with van der Waals surface area (Å²) in [6.45, 7) is 6.07. The Kier molecular flexibility index (Phi) is 7.68. The Balaban J connectivity index is 1.37. The van der Waals surface area contributed by atoms with Crippen LogP contribution < -0.4 is 21.3 Å². The first-order chi connectivity index (χ1) is 17.4. The summed E-state index contributed by atoms with van der Waals surface area (Å²) in [5.41, 5.74) is 11.2. The number of fused-ring (bicyclic) bond motifs is 1. The molecule has 1 aliphatic rings. The average Bonchev–Trinajstić information content (AvgIpc) is 3.27. The standard InChI is InChI=1S/C29H31FN4O2/c1-3-34(4-2)23-11-7-20(8-12-23)29(36)33-26-14-9-21-17-19(5-13-24(21)26)6-16-28(35)32-27-15-10-22(30)18-25(27)31/h5-8,10-13,15-18,26H,3-4,9,14,31H2,1-2H3,(H,32,35)(H,33,36)/b16-6+. The van der Waals surface area contributed by atoms with Crippen LogP contribution in [-0.2, 0) is 11.2 Å². The van der Waals surface area contributed by atoms with Gasteiger partial charge < -0.3 is 21.3 Å². The molecule has 0 bridgehead atoms. The number of aryl methyl sites for hydroxylation is 1. The number of halogens is 1. The van der Waals surface area contributed by atoms with Gasteiger partial charge in [0.15, 0.2) is 0 Å². The van der Waals surface area contributed by atoms with Crippen molar-refractivity contribution in [1.82, 2.24) is 5.32 Å². The quantitative estimate of drug-likeness (QED) is 0.297. The summed E-state index contributed by atoms with van der Waals surface area (Å²) in [7, 11) is 0. The molecular weight excluding hydrogens is 455 g/mol. The fraction of sp³-hybridized carbons (Fsp3) is 0.241. The van der Waals surface area contributed by atoms with Crippen molar-refractivity contribution in [2.24, 2.45) is 0 Å². The highest BCUT2D eigenvalue weighted by atomic mass is 19.1. The van der Waals surface area contributed by atoms with Crippen LogP contribution >= 0.6 is 0 Å². The van der Waals surface area contributed by atoms with Gasteiger partial charge in [-0.3, -0.25) is 9.59 Å². The zero-order chi connectivity index (χ0) is 25.7. The number of rotatable bonds is 8. The van der Waals surface area contributed by atoms with Crippen molar-refractivity contribution in [3.05, 3.63) is 94.8 Å². The molecule has 1 atom stereocenters. The minimum Gasteiger partial charge on any atom is -0.397 e. The van der Waals surface area contributed by atoms with E-state index < -0.39 is 5.82 Å². The SMILES string of the molecule is CCN(CC)c1ccc(C(=O)NC2CCc3cc(/C=C/C(=O)Nc4ccc(F)cc4N)ccc32)cc1. The van der Waals surface area contributed by atoms with Gasteiger partial charge in [-0.1, -0.05) is 18.2 Å². The van der Waals surface area contributed by atoms with Crippen LogP contribution in [0.5, 0.6) is 0 Å². The highest BCUT2D eigenvalue weighted by molar-refractivity contribution is 6.03. The van der Waals surface area contributed by atoms with Crippen LogP contribution in [0.2, 0.25) is 0 Å². The number of nitrogens with two attached hydrogens (primary N) is 1. The van der Waals surface area contributed by atoms with Crippen LogP contribution in [0.1, 0.15) is 53.4 Å². The van der Waals surface area contributed by atoms with E-state index in [1.165, 1.54) is 18.2 Å². The molecule has 0 fully saturated rings. The monoisotopic (exact) mass is 486 g/mol. The number of anilines is 3. The van der Waals surface area contributed by atoms with Gasteiger partial charge in [-0.15, -0.1) is 0 Å². The van der Waals surface area contributed by atoms with E-state index in [0.717, 1.165) is 54.4 Å². The predicted octanol–water partition coefficient (Wildman–Crippen LogP) is 5.32. The van der Waals surface area contributed by atoms with Crippen LogP contribution in [0.4, 0.5) is 21.5 Å². The minimum absolute atomic E-state index is 0.0438. The molecule has 7 heteroatoms. The summed E-state index contributed by atoms with van der Waals surface area (Å²) < 4.78 is 13.2. The lowest BCUT2D eigenvalue weighted by atomic mass is 10.0. The number of hydrogen-bond donors (Lipinski definition) is 3. The fourth-order valence-corrected chi connectivity index (χ4v) is 4.54. The molecule has 3 aromatic carbocycles. The molecule has 2 amide bonds. The molecule has 4 N–H and O–H groups in total. The smallest absolute Gasteiger partial charge is 0.251 e. The molecule has 3 aromatic rings. The Labute approximate surface area is 211 Å². The van der Waals surface area contributed by atoms with Gasteiger partial charge in [0.25, 0.3) is 5.91 Å². The average molecular weight is 487 g/mol. The molecule has 186 valence electrons. The highest BCUT2D eigenvalue weighted by Gasteiger charge is 2.24. The molecule has 0 radical (unpaired) electrons. The molecule has 1 aliphatic carbocycles. The van der Waals surface area contributed by atoms with E-state index in [2.05, 4.69) is 29.4 Å². The van der Waals surface area contributed by atoms with Crippen LogP contribution in [0.15, 0.2) is 66.7 Å². The third-order valence-electron chi connectivity index (χ3n) is 6.51. The minimum atomic E-state index is -0.457. The van der Waals surface area contributed by atoms with E-state index in [1.807, 2.05) is 42.5 Å². The van der Waals surface area contributed by atoms with Crippen LogP contribution in [0, 0.1) is 5.82 Å². The van der Waals surface area contributed by atoms with Gasteiger partial charge >= 0.3 is 0 Å². The van der Waals surface area contributed by atoms with Crippen molar-refractivity contribution in [2.45, 2.75) is 32.7 Å². The molecule has 0 aromatic heterocycles. The van der Waals surface area contributed by atoms with Crippen molar-refractivity contribution in [2.75, 3.05) is 29.0 Å². The summed E-state index contributed by atoms with van der Waals surface area (Å²) in [4.78, 5) is 27.4. The number of nitrogen functional groups attached to an aromatic ring is 1. The molecule has 0 spiro atoms. The number of hydrogen-bond acceptors (Lipinski definition) is 4. The largest absolute Gasteiger partial charge is 0.397 e. The summed E-state index contributed by atoms with van der Waals surface area (Å²) in [5.74, 6) is -0.896. The second-order valence-electron chi connectivity index (χ2n) is 8.80. The zero-order valence-corrected chi connectivity index (χ0v) is 20.6. The van der Waals surface area contributed by atoms with E-state index in [0.29, 0.717) is 11.3 Å². The van der Waals surface area contributed by atoms with Crippen molar-refractivity contribution in [3.8, 4) is 0 Å². The van der Waals surface area contributed by atoms with E-state index in [1.54, 1.807) is 6.08 Å². The van der Waals surface area contributed by atoms with Crippen LogP contribution in [0.3, 0.4) is 0 Å². The third kappa shape index (κ3) is 5.74. The highest BCUT2D eigenvalue weighted by Crippen LogP contribution is 2.32. The Hall–Kier alpha value is -4.13. The first kappa shape index (κ1) is 25.0. The maximum absolute atomic E-state index is 13.2. The Morgan fingerprint density at radius 2 is 1.81 bits per heavy atom. The summed E-state index contributed by atoms with van der Waals surface area (Å²) in [5, 5.41) is 5.81. The van der Waals surface area contributed by atoms with E-state index in [4.69, 9.17) is 5.73 Å². The molecule has 0 saturated heterocycles. The lowest BCUT2D eigenvalue weighted by molar-refractivity contribution is -0.111. The van der Waals surface area contributed by atoms with Gasteiger partial charge in [0.1, 0.15) is 5.82 Å². The Morgan fingerprint density at radius 3 is 2.50 bits per heavy atom. The Morgan fingerprint density at radius 1 is 1.06 bits per heavy atom. The normalized spacial score (nSPS) is 14.5. The lowest BCUT2D eigenvalue weighted by Crippen LogP contribution is -2.27. The van der Waals surface area contributed by atoms with Gasteiger partial charge in [0.2, 0.25) is 5.91 Å². The molecule has 4 rings (SSSR count). The van der Waals surface area contributed by atoms with Crippen LogP contribution in [0.25, 0.3) is 6.08 Å². The number of amides is 2. The third-order valence-corrected chi connectivity index (χ3v) is 6.51. The number of nitrogens with one attached hydrogen (secondary N) is 2. The number of carbonyl (C=O) groups excluding carboxylic acids is 2. The lowest BCUT2D eigenvalue weighted by Gasteiger charge is -2.21. The van der Waals surface area contributed by atoms with Gasteiger partial charge in [0, 0.05) is 30.4 Å². The van der Waals surface area contributed by atoms with Gasteiger partial charge in [-0.25, -0.2) is 4.39 Å². The first-order valence-electron chi connectivity index (χ1n) is 12.2. The second kappa shape index (κ2) is 11.1. The van der Waals surface area contributed by atoms with Crippen molar-refractivity contribution < 1.29 is 14.0 Å². The number of carbonyl (C=O) groups is 2. The molecule has 0 aliphatic heterocycles. The molecule has 0 saturated carbocycles. The van der Waals surface area contributed by atoms with Crippen molar-refractivity contribution in [3.63, 3.8) is 0 Å². The van der Waals surface area contributed by atoms with Crippen molar-refractivity contribution >= 4 is 35.0 Å². The molecule has 0 heterocycles. The van der Waals surface area contributed by atoms with Gasteiger partial charge in [-0.2, -0.15) is 0 Å². The topological polar surface area (TPSA) is 87.5 Å². The zero-order valence-electron chi connectivity index (χ0n) is 20.6. The summed E-state index contributed by atoms with van der Waals surface area (Å²) >= 11 is 0. The van der Waals surface area contributed by atoms with Gasteiger partial charge in [0.05, 0.1) is 17.4 Å². The second-order valence-corrected chi connectivity index (χ2v) is 8.80. The maximum atomic E-state index is 13.2. The van der Waals surface area contributed by atoms with E-state index in [9.17, 15) is 14.0 Å². The molecule has 36 heavy (non-hydrogen) atoms. The number of benzene rings is 3. The fourth-order valence-electron chi connectivity index (χ4n) is 4.54. The number of nitrogens with zero attached hydrogens (tertiary/aromatic N) is 1. The van der Waals surface area contributed by atoms with E-state index >= 15 is 0 Å².